The van der Waals surface area contributed by atoms with Gasteiger partial charge in [0.25, 0.3) is 0 Å². The lowest BCUT2D eigenvalue weighted by Crippen LogP contribution is -2.58. The molecule has 0 spiro atoms. The summed E-state index contributed by atoms with van der Waals surface area (Å²) in [6.07, 6.45) is 1.07. The Balaban J connectivity index is 4.69. The SMILES string of the molecule is CC[C@@H](C)[C@@H](C)NC(=O)C(N[C@@H](C)[C@H](C)NN(C)CC)C(C)C. The topological polar surface area (TPSA) is 56.4 Å². The minimum atomic E-state index is -0.173. The van der Waals surface area contributed by atoms with E-state index in [1.165, 1.54) is 0 Å². The summed E-state index contributed by atoms with van der Waals surface area (Å²) >= 11 is 0. The number of nitrogens with one attached hydrogen (secondary N) is 3. The molecule has 23 heavy (non-hydrogen) atoms. The Bertz CT molecular complexity index is 335. The number of hydrogen-bond donors (Lipinski definition) is 3. The fourth-order valence-electron chi connectivity index (χ4n) is 2.36. The highest BCUT2D eigenvalue weighted by Crippen LogP contribution is 2.10. The average Bonchev–Trinajstić information content (AvgIpc) is 2.50. The van der Waals surface area contributed by atoms with E-state index in [2.05, 4.69) is 76.5 Å². The number of hydrazine groups is 1. The van der Waals surface area contributed by atoms with Gasteiger partial charge >= 0.3 is 0 Å². The van der Waals surface area contributed by atoms with E-state index in [0.29, 0.717) is 5.92 Å². The second kappa shape index (κ2) is 11.0. The minimum Gasteiger partial charge on any atom is -0.352 e. The third-order valence-electron chi connectivity index (χ3n) is 4.91. The van der Waals surface area contributed by atoms with Crippen molar-refractivity contribution in [2.75, 3.05) is 13.6 Å². The van der Waals surface area contributed by atoms with Crippen LogP contribution in [0.15, 0.2) is 0 Å². The number of rotatable bonds is 11. The number of carbonyl (C=O) groups excluding carboxylic acids is 1. The van der Waals surface area contributed by atoms with Gasteiger partial charge in [-0.15, -0.1) is 0 Å². The smallest absolute Gasteiger partial charge is 0.237 e. The van der Waals surface area contributed by atoms with Crippen LogP contribution in [0, 0.1) is 11.8 Å². The molecule has 1 unspecified atom stereocenters. The highest BCUT2D eigenvalue weighted by molar-refractivity contribution is 5.82. The number of carbonyl (C=O) groups is 1. The normalized spacial score (nSPS) is 18.6. The standard InChI is InChI=1S/C18H40N4O/c1-10-13(5)14(6)20-18(23)17(12(3)4)19-15(7)16(8)21-22(9)11-2/h12-17,19,21H,10-11H2,1-9H3,(H,20,23)/t13-,14-,15+,16+,17?/m1/s1. The second-order valence-electron chi connectivity index (χ2n) is 7.29. The van der Waals surface area contributed by atoms with E-state index in [1.807, 2.05) is 7.05 Å². The monoisotopic (exact) mass is 328 g/mol. The van der Waals surface area contributed by atoms with Crippen molar-refractivity contribution in [3.8, 4) is 0 Å². The van der Waals surface area contributed by atoms with Crippen LogP contribution < -0.4 is 16.1 Å². The fourth-order valence-corrected chi connectivity index (χ4v) is 2.36. The summed E-state index contributed by atoms with van der Waals surface area (Å²) in [5.41, 5.74) is 3.42. The summed E-state index contributed by atoms with van der Waals surface area (Å²) in [7, 11) is 2.03. The molecule has 0 heterocycles. The van der Waals surface area contributed by atoms with Crippen LogP contribution in [-0.2, 0) is 4.79 Å². The fraction of sp³-hybridized carbons (Fsp3) is 0.944. The number of nitrogens with zero attached hydrogens (tertiary/aromatic N) is 1. The molecule has 0 saturated heterocycles. The predicted octanol–water partition coefficient (Wildman–Crippen LogP) is 2.38. The van der Waals surface area contributed by atoms with Gasteiger partial charge in [-0.1, -0.05) is 41.0 Å². The van der Waals surface area contributed by atoms with E-state index in [4.69, 9.17) is 0 Å². The molecule has 0 aromatic carbocycles. The summed E-state index contributed by atoms with van der Waals surface area (Å²) in [6, 6.07) is 0.474. The molecule has 0 aliphatic rings. The van der Waals surface area contributed by atoms with Gasteiger partial charge in [0, 0.05) is 31.7 Å². The van der Waals surface area contributed by atoms with Crippen molar-refractivity contribution in [3.63, 3.8) is 0 Å². The van der Waals surface area contributed by atoms with E-state index in [9.17, 15) is 4.79 Å². The van der Waals surface area contributed by atoms with Gasteiger partial charge in [0.15, 0.2) is 0 Å². The first-order valence-corrected chi connectivity index (χ1v) is 9.17. The molecule has 0 aliphatic carbocycles. The van der Waals surface area contributed by atoms with E-state index in [1.54, 1.807) is 0 Å². The Morgan fingerprint density at radius 3 is 1.96 bits per heavy atom. The molecule has 0 saturated carbocycles. The molecule has 3 N–H and O–H groups in total. The van der Waals surface area contributed by atoms with Gasteiger partial charge < -0.3 is 10.6 Å². The Morgan fingerprint density at radius 1 is 0.957 bits per heavy atom. The summed E-state index contributed by atoms with van der Waals surface area (Å²) < 4.78 is 0. The first-order chi connectivity index (χ1) is 10.6. The van der Waals surface area contributed by atoms with Gasteiger partial charge in [-0.2, -0.15) is 0 Å². The summed E-state index contributed by atoms with van der Waals surface area (Å²) in [5.74, 6) is 0.844. The molecule has 5 nitrogen and oxygen atoms in total. The molecule has 0 radical (unpaired) electrons. The van der Waals surface area contributed by atoms with Crippen LogP contribution in [0.1, 0.15) is 61.8 Å². The van der Waals surface area contributed by atoms with E-state index < -0.39 is 0 Å². The van der Waals surface area contributed by atoms with E-state index >= 15 is 0 Å². The zero-order valence-electron chi connectivity index (χ0n) is 16.7. The van der Waals surface area contributed by atoms with Crippen molar-refractivity contribution in [2.45, 2.75) is 86.0 Å². The van der Waals surface area contributed by atoms with Crippen molar-refractivity contribution in [1.29, 1.82) is 0 Å². The lowest BCUT2D eigenvalue weighted by atomic mass is 9.97. The predicted molar refractivity (Wildman–Crippen MR) is 99.2 cm³/mol. The van der Waals surface area contributed by atoms with Crippen LogP contribution in [0.5, 0.6) is 0 Å². The summed E-state index contributed by atoms with van der Waals surface area (Å²) in [6.45, 7) is 17.9. The first-order valence-electron chi connectivity index (χ1n) is 9.17. The molecule has 0 fully saturated rings. The van der Waals surface area contributed by atoms with Crippen LogP contribution in [-0.4, -0.2) is 48.7 Å². The molecular formula is C18H40N4O. The van der Waals surface area contributed by atoms with Crippen LogP contribution in [0.3, 0.4) is 0 Å². The van der Waals surface area contributed by atoms with Crippen molar-refractivity contribution < 1.29 is 4.79 Å². The molecule has 0 aromatic heterocycles. The maximum Gasteiger partial charge on any atom is 0.237 e. The maximum atomic E-state index is 12.6. The van der Waals surface area contributed by atoms with Crippen molar-refractivity contribution in [1.82, 2.24) is 21.1 Å². The molecule has 0 aromatic rings. The van der Waals surface area contributed by atoms with Crippen molar-refractivity contribution in [3.05, 3.63) is 0 Å². The van der Waals surface area contributed by atoms with Crippen LogP contribution in [0.2, 0.25) is 0 Å². The molecule has 0 aliphatic heterocycles. The largest absolute Gasteiger partial charge is 0.352 e. The third kappa shape index (κ3) is 8.13. The van der Waals surface area contributed by atoms with Gasteiger partial charge in [0.1, 0.15) is 0 Å². The van der Waals surface area contributed by atoms with Gasteiger partial charge in [-0.05, 0) is 32.6 Å². The quantitative estimate of drug-likeness (QED) is 0.510. The molecule has 0 rings (SSSR count). The lowest BCUT2D eigenvalue weighted by Gasteiger charge is -2.32. The van der Waals surface area contributed by atoms with Gasteiger partial charge in [0.05, 0.1) is 6.04 Å². The van der Waals surface area contributed by atoms with Gasteiger partial charge in [-0.25, -0.2) is 5.01 Å². The highest BCUT2D eigenvalue weighted by Gasteiger charge is 2.27. The summed E-state index contributed by atoms with van der Waals surface area (Å²) in [5, 5.41) is 8.75. The Hall–Kier alpha value is -0.650. The summed E-state index contributed by atoms with van der Waals surface area (Å²) in [4.78, 5) is 12.6. The number of amides is 1. The first kappa shape index (κ1) is 22.4. The molecule has 1 amide bonds. The highest BCUT2D eigenvalue weighted by atomic mass is 16.2. The van der Waals surface area contributed by atoms with Crippen LogP contribution >= 0.6 is 0 Å². The Kier molecular flexibility index (Phi) is 10.7. The molecule has 5 atom stereocenters. The number of hydrogen-bond acceptors (Lipinski definition) is 4. The second-order valence-corrected chi connectivity index (χ2v) is 7.29. The minimum absolute atomic E-state index is 0.107. The molecular weight excluding hydrogens is 288 g/mol. The van der Waals surface area contributed by atoms with Crippen molar-refractivity contribution in [2.24, 2.45) is 11.8 Å². The van der Waals surface area contributed by atoms with Crippen LogP contribution in [0.4, 0.5) is 0 Å². The van der Waals surface area contributed by atoms with Gasteiger partial charge in [-0.3, -0.25) is 10.2 Å². The van der Waals surface area contributed by atoms with Gasteiger partial charge in [0.2, 0.25) is 5.91 Å². The Morgan fingerprint density at radius 2 is 1.52 bits per heavy atom. The van der Waals surface area contributed by atoms with Crippen LogP contribution in [0.25, 0.3) is 0 Å². The molecule has 138 valence electrons. The van der Waals surface area contributed by atoms with E-state index in [0.717, 1.165) is 13.0 Å². The lowest BCUT2D eigenvalue weighted by molar-refractivity contribution is -0.125. The third-order valence-corrected chi connectivity index (χ3v) is 4.91. The zero-order valence-corrected chi connectivity index (χ0v) is 16.7. The van der Waals surface area contributed by atoms with Crippen molar-refractivity contribution >= 4 is 5.91 Å². The van der Waals surface area contributed by atoms with E-state index in [-0.39, 0.29) is 36.0 Å². The maximum absolute atomic E-state index is 12.6. The average molecular weight is 329 g/mol. The zero-order chi connectivity index (χ0) is 18.2. The molecule has 5 heteroatoms. The Labute approximate surface area is 143 Å². The molecule has 0 bridgehead atoms.